The highest BCUT2D eigenvalue weighted by molar-refractivity contribution is 6.05. The lowest BCUT2D eigenvalue weighted by atomic mass is 9.85. The molecule has 1 aromatic heterocycles. The van der Waals surface area contributed by atoms with Crippen molar-refractivity contribution in [2.75, 3.05) is 5.73 Å². The normalized spacial score (nSPS) is 13.7. The first-order valence-electron chi connectivity index (χ1n) is 8.23. The molecule has 0 spiro atoms. The first kappa shape index (κ1) is 14.7. The number of anilines is 1. The largest absolute Gasteiger partial charge is 0.508 e. The maximum atomic E-state index is 9.55. The predicted octanol–water partition coefficient (Wildman–Crippen LogP) is 4.07. The molecule has 4 rings (SSSR count). The molecule has 1 aliphatic rings. The number of phenols is 1. The second kappa shape index (κ2) is 5.64. The van der Waals surface area contributed by atoms with E-state index < -0.39 is 0 Å². The molecule has 0 radical (unpaired) electrons. The van der Waals surface area contributed by atoms with E-state index in [0.717, 1.165) is 53.4 Å². The Morgan fingerprint density at radius 1 is 1.00 bits per heavy atom. The van der Waals surface area contributed by atoms with Gasteiger partial charge in [0.15, 0.2) is 0 Å². The number of aryl methyl sites for hydroxylation is 1. The Morgan fingerprint density at radius 2 is 1.71 bits per heavy atom. The van der Waals surface area contributed by atoms with Gasteiger partial charge in [-0.1, -0.05) is 0 Å². The number of aromatic hydroxyl groups is 1. The molecule has 4 heteroatoms. The van der Waals surface area contributed by atoms with Crippen molar-refractivity contribution in [3.05, 3.63) is 53.1 Å². The Kier molecular flexibility index (Phi) is 3.45. The Balaban J connectivity index is 2.08. The summed E-state index contributed by atoms with van der Waals surface area (Å²) in [5.41, 5.74) is 12.9. The summed E-state index contributed by atoms with van der Waals surface area (Å²) in [4.78, 5) is 4.90. The van der Waals surface area contributed by atoms with Crippen molar-refractivity contribution in [2.24, 2.45) is 0 Å². The minimum atomic E-state index is 0.257. The topological polar surface area (TPSA) is 83.0 Å². The van der Waals surface area contributed by atoms with Gasteiger partial charge >= 0.3 is 0 Å². The fourth-order valence-electron chi connectivity index (χ4n) is 3.68. The molecule has 0 amide bonds. The number of hydrogen-bond acceptors (Lipinski definition) is 4. The van der Waals surface area contributed by atoms with Gasteiger partial charge in [0.05, 0.1) is 11.2 Å². The van der Waals surface area contributed by atoms with Crippen LogP contribution in [0.25, 0.3) is 22.2 Å². The van der Waals surface area contributed by atoms with E-state index >= 15 is 0 Å². The molecule has 0 saturated heterocycles. The zero-order valence-corrected chi connectivity index (χ0v) is 13.3. The zero-order chi connectivity index (χ0) is 16.7. The van der Waals surface area contributed by atoms with Crippen LogP contribution in [0.3, 0.4) is 0 Å². The fraction of sp³-hybridized carbons (Fsp3) is 0.200. The number of nitrogen functional groups attached to an aromatic ring is 1. The van der Waals surface area contributed by atoms with Crippen molar-refractivity contribution in [3.8, 4) is 17.0 Å². The van der Waals surface area contributed by atoms with Gasteiger partial charge in [-0.2, -0.15) is 0 Å². The third kappa shape index (κ3) is 2.22. The van der Waals surface area contributed by atoms with E-state index in [2.05, 4.69) is 0 Å². The number of aromatic nitrogens is 1. The van der Waals surface area contributed by atoms with Crippen molar-refractivity contribution in [3.63, 3.8) is 0 Å². The standard InChI is InChI=1S/C20H19N3O/c21-11-16-17(22)9-10-18-19(16)14-3-1-2-4-15(14)20(23-18)12-5-7-13(24)8-6-12/h5-11,21,24H,1-4,22H2. The molecule has 0 aliphatic heterocycles. The molecule has 3 aromatic rings. The van der Waals surface area contributed by atoms with Gasteiger partial charge in [0.1, 0.15) is 5.75 Å². The monoisotopic (exact) mass is 317 g/mol. The summed E-state index contributed by atoms with van der Waals surface area (Å²) in [6, 6.07) is 11.0. The highest BCUT2D eigenvalue weighted by atomic mass is 16.3. The lowest BCUT2D eigenvalue weighted by Gasteiger charge is -2.22. The summed E-state index contributed by atoms with van der Waals surface area (Å²) >= 11 is 0. The molecule has 0 unspecified atom stereocenters. The molecule has 0 saturated carbocycles. The van der Waals surface area contributed by atoms with E-state index in [9.17, 15) is 5.11 Å². The quantitative estimate of drug-likeness (QED) is 0.492. The van der Waals surface area contributed by atoms with Crippen LogP contribution >= 0.6 is 0 Å². The van der Waals surface area contributed by atoms with Gasteiger partial charge < -0.3 is 16.2 Å². The number of nitrogens with one attached hydrogen (secondary N) is 1. The molecule has 2 aromatic carbocycles. The smallest absolute Gasteiger partial charge is 0.115 e. The molecule has 4 nitrogen and oxygen atoms in total. The van der Waals surface area contributed by atoms with Crippen LogP contribution in [-0.4, -0.2) is 16.3 Å². The second-order valence-electron chi connectivity index (χ2n) is 6.28. The zero-order valence-electron chi connectivity index (χ0n) is 13.3. The van der Waals surface area contributed by atoms with Gasteiger partial charge in [-0.25, -0.2) is 4.98 Å². The van der Waals surface area contributed by atoms with E-state index in [4.69, 9.17) is 16.1 Å². The molecule has 4 N–H and O–H groups in total. The molecular weight excluding hydrogens is 298 g/mol. The lowest BCUT2D eigenvalue weighted by Crippen LogP contribution is -2.09. The van der Waals surface area contributed by atoms with Crippen molar-refractivity contribution >= 4 is 22.8 Å². The van der Waals surface area contributed by atoms with Crippen LogP contribution in [0.1, 0.15) is 29.5 Å². The van der Waals surface area contributed by atoms with E-state index in [1.165, 1.54) is 17.3 Å². The van der Waals surface area contributed by atoms with Crippen molar-refractivity contribution < 1.29 is 5.11 Å². The van der Waals surface area contributed by atoms with E-state index in [-0.39, 0.29) is 5.75 Å². The molecule has 1 heterocycles. The molecule has 0 fully saturated rings. The van der Waals surface area contributed by atoms with E-state index in [0.29, 0.717) is 5.69 Å². The number of hydrogen-bond donors (Lipinski definition) is 3. The average Bonchev–Trinajstić information content (AvgIpc) is 2.62. The summed E-state index contributed by atoms with van der Waals surface area (Å²) < 4.78 is 0. The lowest BCUT2D eigenvalue weighted by molar-refractivity contribution is 0.475. The van der Waals surface area contributed by atoms with Gasteiger partial charge in [0.25, 0.3) is 0 Å². The summed E-state index contributed by atoms with van der Waals surface area (Å²) in [6.45, 7) is 0. The first-order chi connectivity index (χ1) is 11.7. The fourth-order valence-corrected chi connectivity index (χ4v) is 3.68. The number of rotatable bonds is 2. The van der Waals surface area contributed by atoms with Gasteiger partial charge in [0, 0.05) is 28.4 Å². The number of fused-ring (bicyclic) bond motifs is 3. The highest BCUT2D eigenvalue weighted by Gasteiger charge is 2.21. The summed E-state index contributed by atoms with van der Waals surface area (Å²) in [5.74, 6) is 0.257. The summed E-state index contributed by atoms with van der Waals surface area (Å²) in [6.07, 6.45) is 5.61. The first-order valence-corrected chi connectivity index (χ1v) is 8.23. The van der Waals surface area contributed by atoms with E-state index in [1.54, 1.807) is 12.1 Å². The SMILES string of the molecule is N=Cc1c(N)ccc2nc(-c3ccc(O)cc3)c3c(c12)CCCC3. The van der Waals surface area contributed by atoms with Crippen molar-refractivity contribution in [1.29, 1.82) is 5.41 Å². The third-order valence-electron chi connectivity index (χ3n) is 4.83. The van der Waals surface area contributed by atoms with Crippen LogP contribution in [-0.2, 0) is 12.8 Å². The summed E-state index contributed by atoms with van der Waals surface area (Å²) in [5, 5.41) is 18.3. The molecule has 120 valence electrons. The Morgan fingerprint density at radius 3 is 2.42 bits per heavy atom. The Hall–Kier alpha value is -2.88. The van der Waals surface area contributed by atoms with Crippen LogP contribution < -0.4 is 5.73 Å². The minimum absolute atomic E-state index is 0.257. The van der Waals surface area contributed by atoms with Gasteiger partial charge in [-0.3, -0.25) is 0 Å². The van der Waals surface area contributed by atoms with Crippen molar-refractivity contribution in [1.82, 2.24) is 4.98 Å². The van der Waals surface area contributed by atoms with Crippen LogP contribution in [0.5, 0.6) is 5.75 Å². The second-order valence-corrected chi connectivity index (χ2v) is 6.28. The number of benzene rings is 2. The molecule has 0 bridgehead atoms. The van der Waals surface area contributed by atoms with Crippen LogP contribution in [0, 0.1) is 5.41 Å². The molecule has 1 aliphatic carbocycles. The van der Waals surface area contributed by atoms with Crippen LogP contribution in [0.2, 0.25) is 0 Å². The highest BCUT2D eigenvalue weighted by Crippen LogP contribution is 2.37. The number of pyridine rings is 1. The number of phenolic OH excluding ortho intramolecular Hbond substituents is 1. The molecular formula is C20H19N3O. The Bertz CT molecular complexity index is 945. The Labute approximate surface area is 140 Å². The molecule has 0 atom stereocenters. The number of nitrogens with two attached hydrogens (primary N) is 1. The summed E-state index contributed by atoms with van der Waals surface area (Å²) in [7, 11) is 0. The van der Waals surface area contributed by atoms with E-state index in [1.807, 2.05) is 24.3 Å². The average molecular weight is 317 g/mol. The van der Waals surface area contributed by atoms with Gasteiger partial charge in [0.2, 0.25) is 0 Å². The number of nitrogens with zero attached hydrogens (tertiary/aromatic N) is 1. The minimum Gasteiger partial charge on any atom is -0.508 e. The maximum Gasteiger partial charge on any atom is 0.115 e. The van der Waals surface area contributed by atoms with Gasteiger partial charge in [-0.15, -0.1) is 0 Å². The molecule has 24 heavy (non-hydrogen) atoms. The predicted molar refractivity (Wildman–Crippen MR) is 97.8 cm³/mol. The van der Waals surface area contributed by atoms with Crippen LogP contribution in [0.4, 0.5) is 5.69 Å². The third-order valence-corrected chi connectivity index (χ3v) is 4.83. The van der Waals surface area contributed by atoms with Crippen molar-refractivity contribution in [2.45, 2.75) is 25.7 Å². The van der Waals surface area contributed by atoms with Crippen LogP contribution in [0.15, 0.2) is 36.4 Å². The van der Waals surface area contributed by atoms with Gasteiger partial charge in [-0.05, 0) is 73.2 Å². The maximum absolute atomic E-state index is 9.55.